The Hall–Kier alpha value is -3.35. The van der Waals surface area contributed by atoms with Gasteiger partial charge in [0.05, 0.1) is 7.11 Å². The minimum Gasteiger partial charge on any atom is -0.497 e. The number of hydrogen-bond acceptors (Lipinski definition) is 4. The molecule has 1 saturated heterocycles. The van der Waals surface area contributed by atoms with Crippen LogP contribution >= 0.6 is 0 Å². The Morgan fingerprint density at radius 1 is 1.07 bits per heavy atom. The third kappa shape index (κ3) is 4.31. The second-order valence-electron chi connectivity index (χ2n) is 6.61. The highest BCUT2D eigenvalue weighted by Crippen LogP contribution is 2.22. The van der Waals surface area contributed by atoms with Gasteiger partial charge in [0.15, 0.2) is 0 Å². The maximum atomic E-state index is 12.8. The fraction of sp³-hybridized carbons (Fsp3) is 0.286. The first-order chi connectivity index (χ1) is 13.5. The van der Waals surface area contributed by atoms with E-state index in [0.717, 1.165) is 12.8 Å². The van der Waals surface area contributed by atoms with E-state index in [4.69, 9.17) is 4.74 Å². The molecule has 7 nitrogen and oxygen atoms in total. The van der Waals surface area contributed by atoms with Gasteiger partial charge in [-0.1, -0.05) is 6.07 Å². The van der Waals surface area contributed by atoms with E-state index in [-0.39, 0.29) is 11.8 Å². The number of hydrogen-bond donors (Lipinski definition) is 2. The van der Waals surface area contributed by atoms with Gasteiger partial charge in [0.1, 0.15) is 11.8 Å². The number of ether oxygens (including phenoxy) is 1. The van der Waals surface area contributed by atoms with Crippen LogP contribution in [-0.2, 0) is 4.79 Å². The number of amides is 2. The number of rotatable bonds is 5. The number of nitrogens with zero attached hydrogens (tertiary/aromatic N) is 1. The van der Waals surface area contributed by atoms with Gasteiger partial charge in [-0.05, 0) is 61.7 Å². The molecule has 0 saturated carbocycles. The van der Waals surface area contributed by atoms with Crippen molar-refractivity contribution in [3.05, 3.63) is 59.7 Å². The summed E-state index contributed by atoms with van der Waals surface area (Å²) in [5.74, 6) is -0.989. The summed E-state index contributed by atoms with van der Waals surface area (Å²) in [4.78, 5) is 38.1. The smallest absolute Gasteiger partial charge is 0.326 e. The molecule has 1 fully saturated rings. The molecule has 2 amide bonds. The van der Waals surface area contributed by atoms with Gasteiger partial charge in [-0.3, -0.25) is 9.59 Å². The first kappa shape index (κ1) is 19.4. The fourth-order valence-electron chi connectivity index (χ4n) is 3.27. The lowest BCUT2D eigenvalue weighted by Gasteiger charge is -2.33. The quantitative estimate of drug-likeness (QED) is 0.829. The zero-order valence-corrected chi connectivity index (χ0v) is 15.6. The molecule has 0 aromatic heterocycles. The number of carbonyl (C=O) groups is 3. The summed E-state index contributed by atoms with van der Waals surface area (Å²) in [5, 5.41) is 12.1. The maximum Gasteiger partial charge on any atom is 0.326 e. The lowest BCUT2D eigenvalue weighted by Crippen LogP contribution is -2.48. The van der Waals surface area contributed by atoms with Crippen molar-refractivity contribution in [1.29, 1.82) is 0 Å². The number of piperidine rings is 1. The fourth-order valence-corrected chi connectivity index (χ4v) is 3.27. The Morgan fingerprint density at radius 2 is 1.82 bits per heavy atom. The highest BCUT2D eigenvalue weighted by Gasteiger charge is 2.32. The molecule has 1 atom stereocenters. The largest absolute Gasteiger partial charge is 0.497 e. The van der Waals surface area contributed by atoms with Gasteiger partial charge in [-0.15, -0.1) is 0 Å². The van der Waals surface area contributed by atoms with E-state index < -0.39 is 12.0 Å². The van der Waals surface area contributed by atoms with E-state index in [9.17, 15) is 19.5 Å². The first-order valence-electron chi connectivity index (χ1n) is 9.09. The Bertz CT molecular complexity index is 879. The topological polar surface area (TPSA) is 95.9 Å². The summed E-state index contributed by atoms with van der Waals surface area (Å²) in [6.07, 6.45) is 2.02. The van der Waals surface area contributed by atoms with Crippen molar-refractivity contribution in [2.45, 2.75) is 25.3 Å². The van der Waals surface area contributed by atoms with E-state index in [0.29, 0.717) is 35.5 Å². The summed E-state index contributed by atoms with van der Waals surface area (Å²) in [7, 11) is 1.55. The zero-order chi connectivity index (χ0) is 20.1. The van der Waals surface area contributed by atoms with E-state index in [1.165, 1.54) is 4.90 Å². The van der Waals surface area contributed by atoms with Gasteiger partial charge in [0, 0.05) is 23.4 Å². The lowest BCUT2D eigenvalue weighted by molar-refractivity contribution is -0.143. The van der Waals surface area contributed by atoms with Crippen LogP contribution in [0, 0.1) is 0 Å². The number of likely N-dealkylation sites (tertiary alicyclic amines) is 1. The van der Waals surface area contributed by atoms with Gasteiger partial charge < -0.3 is 20.1 Å². The number of anilines is 1. The number of nitrogens with one attached hydrogen (secondary N) is 1. The Morgan fingerprint density at radius 3 is 2.50 bits per heavy atom. The van der Waals surface area contributed by atoms with Crippen molar-refractivity contribution in [3.63, 3.8) is 0 Å². The summed E-state index contributed by atoms with van der Waals surface area (Å²) >= 11 is 0. The van der Waals surface area contributed by atoms with E-state index in [1.807, 2.05) is 0 Å². The van der Waals surface area contributed by atoms with E-state index >= 15 is 0 Å². The number of carboxylic acid groups (broad SMARTS) is 1. The molecule has 2 N–H and O–H groups in total. The van der Waals surface area contributed by atoms with Crippen molar-refractivity contribution in [2.24, 2.45) is 0 Å². The summed E-state index contributed by atoms with van der Waals surface area (Å²) in [5.41, 5.74) is 1.27. The van der Waals surface area contributed by atoms with Crippen LogP contribution in [0.25, 0.3) is 0 Å². The third-order valence-electron chi connectivity index (χ3n) is 4.77. The molecule has 28 heavy (non-hydrogen) atoms. The maximum absolute atomic E-state index is 12.8. The van der Waals surface area contributed by atoms with Crippen LogP contribution in [0.5, 0.6) is 5.75 Å². The van der Waals surface area contributed by atoms with Gasteiger partial charge >= 0.3 is 5.97 Å². The molecule has 0 aliphatic carbocycles. The Balaban J connectivity index is 1.74. The second kappa shape index (κ2) is 8.56. The molecule has 1 heterocycles. The van der Waals surface area contributed by atoms with E-state index in [1.54, 1.807) is 55.6 Å². The number of benzene rings is 2. The molecule has 1 aliphatic heterocycles. The minimum atomic E-state index is -0.989. The molecule has 1 unspecified atom stereocenters. The van der Waals surface area contributed by atoms with Crippen molar-refractivity contribution >= 4 is 23.5 Å². The van der Waals surface area contributed by atoms with Crippen LogP contribution in [0.15, 0.2) is 48.5 Å². The minimum absolute atomic E-state index is 0.311. The highest BCUT2D eigenvalue weighted by atomic mass is 16.5. The number of aliphatic carboxylic acids is 1. The van der Waals surface area contributed by atoms with Gasteiger partial charge in [0.25, 0.3) is 11.8 Å². The molecule has 1 aliphatic rings. The Kier molecular flexibility index (Phi) is 5.93. The van der Waals surface area contributed by atoms with Crippen molar-refractivity contribution in [2.75, 3.05) is 19.0 Å². The van der Waals surface area contributed by atoms with Gasteiger partial charge in [-0.2, -0.15) is 0 Å². The van der Waals surface area contributed by atoms with Crippen molar-refractivity contribution in [1.82, 2.24) is 4.90 Å². The predicted molar refractivity (Wildman–Crippen MR) is 104 cm³/mol. The highest BCUT2D eigenvalue weighted by molar-refractivity contribution is 6.05. The normalized spacial score (nSPS) is 16.3. The second-order valence-corrected chi connectivity index (χ2v) is 6.61. The molecular formula is C21H22N2O5. The molecular weight excluding hydrogens is 360 g/mol. The van der Waals surface area contributed by atoms with Crippen LogP contribution in [-0.4, -0.2) is 47.5 Å². The van der Waals surface area contributed by atoms with Gasteiger partial charge in [-0.25, -0.2) is 4.79 Å². The number of methoxy groups -OCH3 is 1. The monoisotopic (exact) mass is 382 g/mol. The number of carbonyl (C=O) groups excluding carboxylic acids is 2. The summed E-state index contributed by atoms with van der Waals surface area (Å²) in [6, 6.07) is 12.4. The molecule has 2 aromatic rings. The summed E-state index contributed by atoms with van der Waals surface area (Å²) in [6.45, 7) is 0.415. The van der Waals surface area contributed by atoms with Crippen LogP contribution < -0.4 is 10.1 Å². The zero-order valence-electron chi connectivity index (χ0n) is 15.6. The lowest BCUT2D eigenvalue weighted by atomic mass is 10.0. The number of carboxylic acids is 1. The van der Waals surface area contributed by atoms with Crippen LogP contribution in [0.3, 0.4) is 0 Å². The third-order valence-corrected chi connectivity index (χ3v) is 4.77. The summed E-state index contributed by atoms with van der Waals surface area (Å²) < 4.78 is 5.08. The standard InChI is InChI=1S/C21H22N2O5/c1-28-17-10-8-14(9-11-17)19(24)22-16-6-4-5-15(13-16)20(25)23-12-3-2-7-18(23)21(26)27/h4-6,8-11,13,18H,2-3,7,12H2,1H3,(H,22,24)(H,26,27). The van der Waals surface area contributed by atoms with E-state index in [2.05, 4.69) is 5.32 Å². The molecule has 146 valence electrons. The van der Waals surface area contributed by atoms with Gasteiger partial charge in [0.2, 0.25) is 0 Å². The van der Waals surface area contributed by atoms with Crippen LogP contribution in [0.4, 0.5) is 5.69 Å². The average Bonchev–Trinajstić information content (AvgIpc) is 2.73. The van der Waals surface area contributed by atoms with Crippen LogP contribution in [0.2, 0.25) is 0 Å². The average molecular weight is 382 g/mol. The molecule has 2 aromatic carbocycles. The molecule has 0 spiro atoms. The molecule has 0 bridgehead atoms. The first-order valence-corrected chi connectivity index (χ1v) is 9.09. The van der Waals surface area contributed by atoms with Crippen molar-refractivity contribution < 1.29 is 24.2 Å². The molecule has 0 radical (unpaired) electrons. The predicted octanol–water partition coefficient (Wildman–Crippen LogP) is 3.03. The SMILES string of the molecule is COc1ccc(C(=O)Nc2cccc(C(=O)N3CCCCC3C(=O)O)c2)cc1. The molecule has 3 rings (SSSR count). The molecule has 7 heteroatoms. The Labute approximate surface area is 162 Å². The van der Waals surface area contributed by atoms with Crippen molar-refractivity contribution in [3.8, 4) is 5.75 Å². The van der Waals surface area contributed by atoms with Crippen LogP contribution in [0.1, 0.15) is 40.0 Å².